The van der Waals surface area contributed by atoms with E-state index in [-0.39, 0.29) is 29.5 Å². The molecule has 16 heteroatoms. The monoisotopic (exact) mass is 784 g/mol. The predicted octanol–water partition coefficient (Wildman–Crippen LogP) is 4.97. The van der Waals surface area contributed by atoms with Crippen molar-refractivity contribution in [3.05, 3.63) is 81.6 Å². The lowest BCUT2D eigenvalue weighted by molar-refractivity contribution is -0.134. The molecule has 0 bridgehead atoms. The zero-order valence-corrected chi connectivity index (χ0v) is 32.6. The molecule has 3 aliphatic heterocycles. The van der Waals surface area contributed by atoms with E-state index in [1.165, 1.54) is 17.5 Å². The Morgan fingerprint density at radius 1 is 0.945 bits per heavy atom. The number of aryl methyl sites for hydroxylation is 2. The molecular formula is C39H45ClN10O4S. The summed E-state index contributed by atoms with van der Waals surface area (Å²) in [5.41, 5.74) is 3.46. The highest BCUT2D eigenvalue weighted by Gasteiger charge is 2.28. The molecule has 4 aromatic rings. The molecule has 5 heterocycles. The highest BCUT2D eigenvalue weighted by Crippen LogP contribution is 2.30. The van der Waals surface area contributed by atoms with Crippen molar-refractivity contribution in [3.8, 4) is 0 Å². The third-order valence-electron chi connectivity index (χ3n) is 10.3. The van der Waals surface area contributed by atoms with Crippen LogP contribution in [0.1, 0.15) is 58.2 Å². The normalized spacial score (nSPS) is 17.9. The van der Waals surface area contributed by atoms with E-state index >= 15 is 0 Å². The van der Waals surface area contributed by atoms with Gasteiger partial charge in [-0.15, -0.1) is 0 Å². The Bertz CT molecular complexity index is 2020. The molecular weight excluding hydrogens is 740 g/mol. The van der Waals surface area contributed by atoms with Gasteiger partial charge in [-0.05, 0) is 62.6 Å². The summed E-state index contributed by atoms with van der Waals surface area (Å²) in [4.78, 5) is 72.7. The second-order valence-corrected chi connectivity index (χ2v) is 15.5. The second-order valence-electron chi connectivity index (χ2n) is 14.1. The number of carbonyl (C=O) groups excluding carboxylic acids is 4. The number of anilines is 5. The Morgan fingerprint density at radius 2 is 1.69 bits per heavy atom. The predicted molar refractivity (Wildman–Crippen MR) is 215 cm³/mol. The van der Waals surface area contributed by atoms with Crippen molar-refractivity contribution in [2.24, 2.45) is 0 Å². The van der Waals surface area contributed by atoms with Crippen molar-refractivity contribution < 1.29 is 19.2 Å². The van der Waals surface area contributed by atoms with E-state index in [0.717, 1.165) is 74.9 Å². The van der Waals surface area contributed by atoms with E-state index in [2.05, 4.69) is 40.6 Å². The molecule has 288 valence electrons. The first-order valence-corrected chi connectivity index (χ1v) is 19.9. The molecule has 4 amide bonds. The molecule has 3 fully saturated rings. The lowest BCUT2D eigenvalue weighted by Crippen LogP contribution is -2.49. The van der Waals surface area contributed by atoms with E-state index in [4.69, 9.17) is 16.6 Å². The summed E-state index contributed by atoms with van der Waals surface area (Å²) in [5.74, 6) is 1.27. The Balaban J connectivity index is 0.825. The maximum Gasteiger partial charge on any atom is 0.267 e. The van der Waals surface area contributed by atoms with Gasteiger partial charge < -0.3 is 25.3 Å². The van der Waals surface area contributed by atoms with Gasteiger partial charge in [0.05, 0.1) is 22.8 Å². The lowest BCUT2D eigenvalue weighted by Gasteiger charge is -2.37. The molecule has 3 aliphatic rings. The highest BCUT2D eigenvalue weighted by molar-refractivity contribution is 7.17. The maximum atomic E-state index is 13.1. The number of nitrogens with one attached hydrogen (secondary N) is 3. The number of amides is 4. The summed E-state index contributed by atoms with van der Waals surface area (Å²) in [5, 5.41) is 9.59. The van der Waals surface area contributed by atoms with E-state index in [9.17, 15) is 19.2 Å². The topological polar surface area (TPSA) is 156 Å². The third-order valence-corrected chi connectivity index (χ3v) is 11.6. The summed E-state index contributed by atoms with van der Waals surface area (Å²) in [6.07, 6.45) is 3.78. The summed E-state index contributed by atoms with van der Waals surface area (Å²) < 4.78 is 0. The van der Waals surface area contributed by atoms with Crippen LogP contribution in [0, 0.1) is 13.8 Å². The Kier molecular flexibility index (Phi) is 11.9. The molecule has 2 aromatic carbocycles. The molecule has 7 rings (SSSR count). The Labute approximate surface area is 329 Å². The number of hydrogen-bond donors (Lipinski definition) is 3. The van der Waals surface area contributed by atoms with E-state index < -0.39 is 0 Å². The number of thiazole rings is 1. The molecule has 0 saturated carbocycles. The molecule has 1 unspecified atom stereocenters. The molecule has 0 spiro atoms. The van der Waals surface area contributed by atoms with Gasteiger partial charge in [0.25, 0.3) is 5.91 Å². The van der Waals surface area contributed by atoms with Crippen molar-refractivity contribution in [1.82, 2.24) is 30.1 Å². The van der Waals surface area contributed by atoms with Crippen molar-refractivity contribution in [2.45, 2.75) is 45.4 Å². The molecule has 0 aliphatic carbocycles. The second kappa shape index (κ2) is 17.1. The van der Waals surface area contributed by atoms with Gasteiger partial charge in [-0.25, -0.2) is 15.0 Å². The number of imide groups is 1. The number of benzene rings is 2. The SMILES string of the molecule is Cc1nc(Nc2ncc(C(=O)Nc3c(C)cccc3Cl)s2)cc(N2CCN(CCCC(=O)N3CCN(c4ccc(C5CCC(=O)NC5=O)cc4)CC3)CC2)n1. The first-order chi connectivity index (χ1) is 26.6. The van der Waals surface area contributed by atoms with E-state index in [1.807, 2.05) is 61.2 Å². The minimum absolute atomic E-state index is 0.201. The van der Waals surface area contributed by atoms with E-state index in [0.29, 0.717) is 64.7 Å². The van der Waals surface area contributed by atoms with E-state index in [1.54, 1.807) is 6.07 Å². The Hall–Kier alpha value is -5.12. The van der Waals surface area contributed by atoms with Gasteiger partial charge in [-0.3, -0.25) is 29.4 Å². The van der Waals surface area contributed by atoms with Crippen LogP contribution in [0.15, 0.2) is 54.7 Å². The van der Waals surface area contributed by atoms with Crippen molar-refractivity contribution in [3.63, 3.8) is 0 Å². The van der Waals surface area contributed by atoms with Crippen LogP contribution < -0.4 is 25.8 Å². The van der Waals surface area contributed by atoms with Gasteiger partial charge in [-0.1, -0.05) is 47.2 Å². The molecule has 14 nitrogen and oxygen atoms in total. The summed E-state index contributed by atoms with van der Waals surface area (Å²) in [7, 11) is 0. The first kappa shape index (κ1) is 38.2. The highest BCUT2D eigenvalue weighted by atomic mass is 35.5. The van der Waals surface area contributed by atoms with Crippen LogP contribution in [-0.2, 0) is 14.4 Å². The Morgan fingerprint density at radius 3 is 2.42 bits per heavy atom. The summed E-state index contributed by atoms with van der Waals surface area (Å²) >= 11 is 7.52. The van der Waals surface area contributed by atoms with Crippen LogP contribution in [0.2, 0.25) is 5.02 Å². The quantitative estimate of drug-likeness (QED) is 0.177. The molecule has 3 N–H and O–H groups in total. The lowest BCUT2D eigenvalue weighted by atomic mass is 9.90. The number of halogens is 1. The van der Waals surface area contributed by atoms with Crippen LogP contribution in [-0.4, -0.2) is 107 Å². The molecule has 0 radical (unpaired) electrons. The number of piperidine rings is 1. The number of piperazine rings is 2. The average molecular weight is 785 g/mol. The van der Waals surface area contributed by atoms with Crippen molar-refractivity contribution >= 4 is 74.7 Å². The smallest absolute Gasteiger partial charge is 0.267 e. The first-order valence-electron chi connectivity index (χ1n) is 18.7. The van der Waals surface area contributed by atoms with Gasteiger partial charge in [0, 0.05) is 77.0 Å². The van der Waals surface area contributed by atoms with Gasteiger partial charge in [0.15, 0.2) is 5.13 Å². The van der Waals surface area contributed by atoms with Gasteiger partial charge in [0.2, 0.25) is 17.7 Å². The number of rotatable bonds is 11. The maximum absolute atomic E-state index is 13.1. The number of carbonyl (C=O) groups is 4. The average Bonchev–Trinajstić information content (AvgIpc) is 3.65. The zero-order valence-electron chi connectivity index (χ0n) is 31.0. The largest absolute Gasteiger partial charge is 0.368 e. The number of hydrogen-bond acceptors (Lipinski definition) is 12. The zero-order chi connectivity index (χ0) is 38.5. The van der Waals surface area contributed by atoms with Crippen LogP contribution in [0.4, 0.5) is 28.1 Å². The number of nitrogens with zero attached hydrogens (tertiary/aromatic N) is 7. The van der Waals surface area contributed by atoms with Gasteiger partial charge >= 0.3 is 0 Å². The fourth-order valence-corrected chi connectivity index (χ4v) is 8.23. The van der Waals surface area contributed by atoms with Gasteiger partial charge in [-0.2, -0.15) is 0 Å². The molecule has 1 atom stereocenters. The number of para-hydroxylation sites is 1. The molecule has 55 heavy (non-hydrogen) atoms. The fourth-order valence-electron chi connectivity index (χ4n) is 7.25. The minimum Gasteiger partial charge on any atom is -0.368 e. The summed E-state index contributed by atoms with van der Waals surface area (Å²) in [6, 6.07) is 15.4. The number of aromatic nitrogens is 3. The molecule has 3 saturated heterocycles. The summed E-state index contributed by atoms with van der Waals surface area (Å²) in [6.45, 7) is 10.9. The van der Waals surface area contributed by atoms with Gasteiger partial charge in [0.1, 0.15) is 22.3 Å². The third kappa shape index (κ3) is 9.40. The minimum atomic E-state index is -0.288. The molecule has 2 aromatic heterocycles. The van der Waals surface area contributed by atoms with Crippen LogP contribution in [0.5, 0.6) is 0 Å². The fraction of sp³-hybridized carbons (Fsp3) is 0.410. The van der Waals surface area contributed by atoms with Crippen molar-refractivity contribution in [1.29, 1.82) is 0 Å². The van der Waals surface area contributed by atoms with Crippen LogP contribution in [0.25, 0.3) is 0 Å². The van der Waals surface area contributed by atoms with Crippen LogP contribution in [0.3, 0.4) is 0 Å². The standard InChI is InChI=1S/C39H45ClN10O4S/c1-25-5-3-6-30(40)36(25)46-38(54)31-24-41-39(55-31)44-32-23-33(43-26(2)42-32)49-17-15-47(16-18-49)14-4-7-35(52)50-21-19-48(20-22-50)28-10-8-27(9-11-28)29-12-13-34(51)45-37(29)53/h3,5-6,8-11,23-24,29H,4,7,12-22H2,1-2H3,(H,46,54)(H,45,51,53)(H,41,42,43,44). The van der Waals surface area contributed by atoms with Crippen molar-refractivity contribution in [2.75, 3.05) is 79.3 Å². The van der Waals surface area contributed by atoms with Crippen LogP contribution >= 0.6 is 22.9 Å².